The average molecular weight is 126 g/mol. The molecule has 0 aromatic heterocycles. The maximum atomic E-state index is 3.15. The summed E-state index contributed by atoms with van der Waals surface area (Å²) in [6, 6.07) is 0. The second-order valence-electron chi connectivity index (χ2n) is 0.267. The van der Waals surface area contributed by atoms with E-state index in [4.69, 9.17) is 0 Å². The van der Waals surface area contributed by atoms with Crippen molar-refractivity contribution in [2.45, 2.75) is 6.92 Å². The molecule has 4 heavy (non-hydrogen) atoms. The third kappa shape index (κ3) is 26.1. The lowest BCUT2D eigenvalue weighted by Gasteiger charge is -1.45. The van der Waals surface area contributed by atoms with E-state index >= 15 is 0 Å². The van der Waals surface area contributed by atoms with Crippen molar-refractivity contribution in [3.8, 4) is 0 Å². The van der Waals surface area contributed by atoms with Gasteiger partial charge in [0.05, 0.1) is 0 Å². The fourth-order valence-corrected chi connectivity index (χ4v) is 0. The van der Waals surface area contributed by atoms with Gasteiger partial charge in [-0.1, -0.05) is 22.9 Å². The second kappa shape index (κ2) is 9.88. The Labute approximate surface area is 35.1 Å². The molecule has 0 aromatic rings. The molecule has 0 heterocycles. The minimum absolute atomic E-state index is 0. The minimum atomic E-state index is 0. The maximum Gasteiger partial charge on any atom is 0.000281 e. The predicted molar refractivity (Wildman–Crippen MR) is 24.5 cm³/mol. The third-order valence-electron chi connectivity index (χ3n) is 0. The van der Waals surface area contributed by atoms with Crippen LogP contribution >= 0.6 is 15.9 Å². The molecule has 0 saturated carbocycles. The Bertz CT molecular complexity index is 6.00. The van der Waals surface area contributed by atoms with Gasteiger partial charge in [0.1, 0.15) is 0 Å². The van der Waals surface area contributed by atoms with Gasteiger partial charge in [-0.3, -0.25) is 0 Å². The van der Waals surface area contributed by atoms with Crippen LogP contribution in [0, 0.1) is 0 Å². The lowest BCUT2D eigenvalue weighted by atomic mass is 11.0. The van der Waals surface area contributed by atoms with E-state index < -0.39 is 0 Å². The van der Waals surface area contributed by atoms with Crippen molar-refractivity contribution in [3.63, 3.8) is 0 Å². The minimum Gasteiger partial charge on any atom is -0.344 e. The second-order valence-corrected chi connectivity index (χ2v) is 1.39. The van der Waals surface area contributed by atoms with E-state index in [1.165, 1.54) is 0 Å². The summed E-state index contributed by atoms with van der Waals surface area (Å²) in [6.45, 7) is 2.04. The monoisotopic (exact) mass is 125 g/mol. The lowest BCUT2D eigenvalue weighted by molar-refractivity contribution is 1.56. The van der Waals surface area contributed by atoms with Gasteiger partial charge in [-0.15, -0.1) is 0 Å². The largest absolute Gasteiger partial charge is 0.344 e. The van der Waals surface area contributed by atoms with Crippen molar-refractivity contribution >= 4 is 15.9 Å². The van der Waals surface area contributed by atoms with Gasteiger partial charge in [0.2, 0.25) is 0 Å². The smallest absolute Gasteiger partial charge is 0.000281 e. The van der Waals surface area contributed by atoms with Crippen molar-refractivity contribution in [2.75, 3.05) is 5.33 Å². The van der Waals surface area contributed by atoms with Gasteiger partial charge in [0.15, 0.2) is 0 Å². The van der Waals surface area contributed by atoms with Gasteiger partial charge < -0.3 is 6.15 Å². The zero-order valence-corrected chi connectivity index (χ0v) is 4.38. The molecule has 0 unspecified atom stereocenters. The SMILES string of the molecule is CCBr.N. The molecule has 1 nitrogen and oxygen atoms in total. The van der Waals surface area contributed by atoms with Crippen LogP contribution in [0.3, 0.4) is 0 Å². The molecular formula is C2H8BrN. The van der Waals surface area contributed by atoms with E-state index in [1.54, 1.807) is 0 Å². The van der Waals surface area contributed by atoms with E-state index in [0.717, 1.165) is 5.33 Å². The van der Waals surface area contributed by atoms with Crippen molar-refractivity contribution in [1.82, 2.24) is 6.15 Å². The van der Waals surface area contributed by atoms with Crippen LogP contribution in [0.25, 0.3) is 0 Å². The van der Waals surface area contributed by atoms with Gasteiger partial charge in [-0.25, -0.2) is 0 Å². The number of rotatable bonds is 0. The number of alkyl halides is 1. The quantitative estimate of drug-likeness (QED) is 0.491. The van der Waals surface area contributed by atoms with E-state index in [9.17, 15) is 0 Å². The molecule has 0 spiro atoms. The van der Waals surface area contributed by atoms with Crippen LogP contribution < -0.4 is 6.15 Å². The molecule has 0 rings (SSSR count). The fraction of sp³-hybridized carbons (Fsp3) is 1.00. The zero-order valence-electron chi connectivity index (χ0n) is 2.79. The number of hydrogen-bond donors (Lipinski definition) is 1. The van der Waals surface area contributed by atoms with Gasteiger partial charge in [0.25, 0.3) is 0 Å². The third-order valence-corrected chi connectivity index (χ3v) is 0. The van der Waals surface area contributed by atoms with Crippen molar-refractivity contribution in [3.05, 3.63) is 0 Å². The molecule has 2 heteroatoms. The standard InChI is InChI=1S/C2H5Br.H3N/c1-2-3;/h2H2,1H3;1H3. The summed E-state index contributed by atoms with van der Waals surface area (Å²) >= 11 is 3.15. The molecule has 28 valence electrons. The molecule has 0 amide bonds. The Morgan fingerprint density at radius 3 is 1.75 bits per heavy atom. The van der Waals surface area contributed by atoms with Crippen LogP contribution in [0.5, 0.6) is 0 Å². The first-order valence-electron chi connectivity index (χ1n) is 0.974. The first kappa shape index (κ1) is 8.83. The van der Waals surface area contributed by atoms with Gasteiger partial charge in [-0.2, -0.15) is 0 Å². The predicted octanol–water partition coefficient (Wildman–Crippen LogP) is 1.56. The summed E-state index contributed by atoms with van der Waals surface area (Å²) in [5.74, 6) is 0. The average Bonchev–Trinajstić information content (AvgIpc) is 0.918. The Kier molecular flexibility index (Phi) is 21.8. The molecule has 3 N–H and O–H groups in total. The summed E-state index contributed by atoms with van der Waals surface area (Å²) in [7, 11) is 0. The summed E-state index contributed by atoms with van der Waals surface area (Å²) in [4.78, 5) is 0. The van der Waals surface area contributed by atoms with E-state index in [2.05, 4.69) is 15.9 Å². The molecule has 0 fully saturated rings. The van der Waals surface area contributed by atoms with Crippen molar-refractivity contribution < 1.29 is 0 Å². The summed E-state index contributed by atoms with van der Waals surface area (Å²) in [5.41, 5.74) is 0. The Balaban J connectivity index is 0. The molecule has 0 aliphatic heterocycles. The molecule has 0 radical (unpaired) electrons. The van der Waals surface area contributed by atoms with E-state index in [1.807, 2.05) is 6.92 Å². The Morgan fingerprint density at radius 1 is 1.75 bits per heavy atom. The Morgan fingerprint density at radius 2 is 1.75 bits per heavy atom. The highest BCUT2D eigenvalue weighted by Gasteiger charge is 1.38. The van der Waals surface area contributed by atoms with Crippen LogP contribution in [-0.4, -0.2) is 5.33 Å². The summed E-state index contributed by atoms with van der Waals surface area (Å²) in [5, 5.41) is 1.06. The van der Waals surface area contributed by atoms with Crippen LogP contribution in [0.15, 0.2) is 0 Å². The Hall–Kier alpha value is 0.440. The summed E-state index contributed by atoms with van der Waals surface area (Å²) in [6.07, 6.45) is 0. The normalized spacial score (nSPS) is 4.50. The van der Waals surface area contributed by atoms with Gasteiger partial charge in [-0.05, 0) is 0 Å². The zero-order chi connectivity index (χ0) is 2.71. The fourth-order valence-electron chi connectivity index (χ4n) is 0. The van der Waals surface area contributed by atoms with Gasteiger partial charge >= 0.3 is 0 Å². The van der Waals surface area contributed by atoms with Crippen LogP contribution in [0.2, 0.25) is 0 Å². The highest BCUT2D eigenvalue weighted by molar-refractivity contribution is 9.09. The molecule has 0 bridgehead atoms. The van der Waals surface area contributed by atoms with Crippen molar-refractivity contribution in [2.24, 2.45) is 0 Å². The first-order chi connectivity index (χ1) is 1.41. The molecule has 0 aliphatic rings. The molecular weight excluding hydrogens is 118 g/mol. The molecule has 0 aromatic carbocycles. The summed E-state index contributed by atoms with van der Waals surface area (Å²) < 4.78 is 0. The molecule has 0 atom stereocenters. The number of hydrogen-bond acceptors (Lipinski definition) is 1. The highest BCUT2D eigenvalue weighted by atomic mass is 79.9. The lowest BCUT2D eigenvalue weighted by Crippen LogP contribution is -1.34. The van der Waals surface area contributed by atoms with E-state index in [0.29, 0.717) is 0 Å². The van der Waals surface area contributed by atoms with Crippen LogP contribution in [0.4, 0.5) is 0 Å². The number of halogens is 1. The first-order valence-corrected chi connectivity index (χ1v) is 2.10. The maximum absolute atomic E-state index is 3.15. The highest BCUT2D eigenvalue weighted by Crippen LogP contribution is 1.67. The molecule has 0 saturated heterocycles. The van der Waals surface area contributed by atoms with Crippen LogP contribution in [0.1, 0.15) is 6.92 Å². The van der Waals surface area contributed by atoms with E-state index in [-0.39, 0.29) is 6.15 Å². The molecule has 0 aliphatic carbocycles. The van der Waals surface area contributed by atoms with Crippen molar-refractivity contribution in [1.29, 1.82) is 0 Å². The van der Waals surface area contributed by atoms with Crippen LogP contribution in [-0.2, 0) is 0 Å². The topological polar surface area (TPSA) is 35.0 Å². The van der Waals surface area contributed by atoms with Gasteiger partial charge in [0, 0.05) is 5.33 Å².